The van der Waals surface area contributed by atoms with Crippen molar-refractivity contribution in [2.24, 2.45) is 0 Å². The number of anilines is 1. The molecule has 1 heterocycles. The van der Waals surface area contributed by atoms with E-state index in [-0.39, 0.29) is 5.57 Å². The van der Waals surface area contributed by atoms with E-state index in [0.717, 1.165) is 11.3 Å². The van der Waals surface area contributed by atoms with E-state index in [1.165, 1.54) is 0 Å². The Kier molecular flexibility index (Phi) is 4.55. The van der Waals surface area contributed by atoms with Crippen molar-refractivity contribution in [2.75, 3.05) is 5.32 Å². The zero-order valence-corrected chi connectivity index (χ0v) is 12.9. The number of amides is 1. The first-order valence-corrected chi connectivity index (χ1v) is 7.48. The molecule has 2 aromatic carbocycles. The summed E-state index contributed by atoms with van der Waals surface area (Å²) in [5.74, 6) is -0.420. The maximum atomic E-state index is 12.2. The average Bonchev–Trinajstić information content (AvgIpc) is 3.10. The molecule has 0 saturated carbocycles. The van der Waals surface area contributed by atoms with Gasteiger partial charge in [0.25, 0.3) is 5.91 Å². The van der Waals surface area contributed by atoms with E-state index >= 15 is 0 Å². The van der Waals surface area contributed by atoms with Gasteiger partial charge in [0.05, 0.1) is 0 Å². The topological polar surface area (TPSA) is 57.8 Å². The van der Waals surface area contributed by atoms with Crippen molar-refractivity contribution in [1.29, 1.82) is 5.26 Å². The van der Waals surface area contributed by atoms with Crippen LogP contribution >= 0.6 is 0 Å². The van der Waals surface area contributed by atoms with Crippen LogP contribution in [0.4, 0.5) is 5.69 Å². The molecule has 0 atom stereocenters. The number of hydrogen-bond acceptors (Lipinski definition) is 2. The van der Waals surface area contributed by atoms with Gasteiger partial charge in [-0.2, -0.15) is 5.26 Å². The van der Waals surface area contributed by atoms with Gasteiger partial charge in [0, 0.05) is 23.8 Å². The Morgan fingerprint density at radius 2 is 1.67 bits per heavy atom. The van der Waals surface area contributed by atoms with Crippen molar-refractivity contribution in [1.82, 2.24) is 4.57 Å². The van der Waals surface area contributed by atoms with Gasteiger partial charge in [-0.05, 0) is 42.0 Å². The van der Waals surface area contributed by atoms with Crippen LogP contribution in [0.2, 0.25) is 0 Å². The zero-order valence-electron chi connectivity index (χ0n) is 12.9. The lowest BCUT2D eigenvalue weighted by atomic mass is 10.2. The molecular weight excluding hydrogens is 298 g/mol. The summed E-state index contributed by atoms with van der Waals surface area (Å²) in [4.78, 5) is 12.2. The van der Waals surface area contributed by atoms with Gasteiger partial charge in [0.1, 0.15) is 11.6 Å². The molecule has 0 radical (unpaired) electrons. The van der Waals surface area contributed by atoms with E-state index in [1.54, 1.807) is 18.2 Å². The first-order chi connectivity index (χ1) is 11.8. The monoisotopic (exact) mass is 313 g/mol. The highest BCUT2D eigenvalue weighted by atomic mass is 16.1. The third-order valence-corrected chi connectivity index (χ3v) is 3.48. The van der Waals surface area contributed by atoms with Crippen LogP contribution in [0.5, 0.6) is 0 Å². The molecule has 1 aromatic heterocycles. The molecule has 116 valence electrons. The van der Waals surface area contributed by atoms with Gasteiger partial charge < -0.3 is 9.88 Å². The van der Waals surface area contributed by atoms with E-state index in [0.29, 0.717) is 5.69 Å². The van der Waals surface area contributed by atoms with E-state index in [2.05, 4.69) is 5.32 Å². The highest BCUT2D eigenvalue weighted by Gasteiger charge is 2.09. The predicted molar refractivity (Wildman–Crippen MR) is 94.4 cm³/mol. The Morgan fingerprint density at radius 1 is 1.00 bits per heavy atom. The largest absolute Gasteiger partial charge is 0.323 e. The first kappa shape index (κ1) is 15.3. The molecule has 0 spiro atoms. The van der Waals surface area contributed by atoms with Crippen LogP contribution in [0.3, 0.4) is 0 Å². The number of carbonyl (C=O) groups excluding carboxylic acids is 1. The van der Waals surface area contributed by atoms with Gasteiger partial charge >= 0.3 is 0 Å². The van der Waals surface area contributed by atoms with Crippen LogP contribution in [0, 0.1) is 11.3 Å². The molecule has 0 aliphatic heterocycles. The summed E-state index contributed by atoms with van der Waals surface area (Å²) in [5, 5.41) is 12.0. The summed E-state index contributed by atoms with van der Waals surface area (Å²) in [6.07, 6.45) is 5.35. The number of carbonyl (C=O) groups is 1. The molecule has 0 fully saturated rings. The second kappa shape index (κ2) is 7.12. The first-order valence-electron chi connectivity index (χ1n) is 7.48. The van der Waals surface area contributed by atoms with Crippen LogP contribution in [0.15, 0.2) is 84.7 Å². The molecule has 3 aromatic rings. The summed E-state index contributed by atoms with van der Waals surface area (Å²) in [6.45, 7) is 0. The summed E-state index contributed by atoms with van der Waals surface area (Å²) in [7, 11) is 0. The standard InChI is InChI=1S/C20H15N3O/c21-14-17(20(24)22-18-7-3-1-4-8-18)13-16-11-12-23(15-16)19-9-5-2-6-10-19/h1-13,15H,(H,22,24)/b17-13+. The Hall–Kier alpha value is -3.58. The quantitative estimate of drug-likeness (QED) is 0.584. The summed E-state index contributed by atoms with van der Waals surface area (Å²) in [5.41, 5.74) is 2.53. The summed E-state index contributed by atoms with van der Waals surface area (Å²) < 4.78 is 1.94. The lowest BCUT2D eigenvalue weighted by molar-refractivity contribution is -0.112. The Labute approximate surface area is 140 Å². The fourth-order valence-corrected chi connectivity index (χ4v) is 2.29. The number of nitrogens with one attached hydrogen (secondary N) is 1. The molecule has 0 aliphatic carbocycles. The smallest absolute Gasteiger partial charge is 0.266 e. The van der Waals surface area contributed by atoms with E-state index in [1.807, 2.05) is 77.6 Å². The number of nitriles is 1. The maximum absolute atomic E-state index is 12.2. The SMILES string of the molecule is N#C/C(=C\c1ccn(-c2ccccc2)c1)C(=O)Nc1ccccc1. The average molecular weight is 313 g/mol. The van der Waals surface area contributed by atoms with Crippen LogP contribution in [0.1, 0.15) is 5.56 Å². The molecule has 0 bridgehead atoms. The van der Waals surface area contributed by atoms with Crippen molar-refractivity contribution in [2.45, 2.75) is 0 Å². The molecular formula is C20H15N3O. The predicted octanol–water partition coefficient (Wildman–Crippen LogP) is 4.02. The third kappa shape index (κ3) is 3.60. The normalized spacial score (nSPS) is 10.9. The van der Waals surface area contributed by atoms with Gasteiger partial charge in [0.15, 0.2) is 0 Å². The van der Waals surface area contributed by atoms with Crippen LogP contribution < -0.4 is 5.32 Å². The van der Waals surface area contributed by atoms with Gasteiger partial charge in [-0.15, -0.1) is 0 Å². The molecule has 24 heavy (non-hydrogen) atoms. The molecule has 0 unspecified atom stereocenters. The molecule has 0 saturated heterocycles. The van der Waals surface area contributed by atoms with Gasteiger partial charge in [-0.25, -0.2) is 0 Å². The number of para-hydroxylation sites is 2. The lowest BCUT2D eigenvalue weighted by Crippen LogP contribution is -2.13. The second-order valence-electron chi connectivity index (χ2n) is 5.18. The molecule has 1 amide bonds. The molecule has 3 rings (SSSR count). The van der Waals surface area contributed by atoms with Gasteiger partial charge in [-0.3, -0.25) is 4.79 Å². The summed E-state index contributed by atoms with van der Waals surface area (Å²) in [6, 6.07) is 22.7. The van der Waals surface area contributed by atoms with Crippen LogP contribution in [-0.2, 0) is 4.79 Å². The van der Waals surface area contributed by atoms with Crippen molar-refractivity contribution in [3.63, 3.8) is 0 Å². The fourth-order valence-electron chi connectivity index (χ4n) is 2.29. The molecule has 4 heteroatoms. The third-order valence-electron chi connectivity index (χ3n) is 3.48. The van der Waals surface area contributed by atoms with Gasteiger partial charge in [0.2, 0.25) is 0 Å². The highest BCUT2D eigenvalue weighted by molar-refractivity contribution is 6.09. The summed E-state index contributed by atoms with van der Waals surface area (Å²) >= 11 is 0. The van der Waals surface area contributed by atoms with Crippen molar-refractivity contribution >= 4 is 17.7 Å². The van der Waals surface area contributed by atoms with Crippen LogP contribution in [-0.4, -0.2) is 10.5 Å². The number of rotatable bonds is 4. The van der Waals surface area contributed by atoms with Gasteiger partial charge in [-0.1, -0.05) is 36.4 Å². The number of hydrogen-bond donors (Lipinski definition) is 1. The Balaban J connectivity index is 1.80. The highest BCUT2D eigenvalue weighted by Crippen LogP contribution is 2.14. The molecule has 1 N–H and O–H groups in total. The minimum absolute atomic E-state index is 0.0599. The number of benzene rings is 2. The molecule has 0 aliphatic rings. The van der Waals surface area contributed by atoms with Crippen molar-refractivity contribution in [3.8, 4) is 11.8 Å². The maximum Gasteiger partial charge on any atom is 0.266 e. The fraction of sp³-hybridized carbons (Fsp3) is 0. The number of nitrogens with zero attached hydrogens (tertiary/aromatic N) is 2. The Bertz CT molecular complexity index is 903. The van der Waals surface area contributed by atoms with E-state index in [9.17, 15) is 10.1 Å². The minimum Gasteiger partial charge on any atom is -0.323 e. The number of aromatic nitrogens is 1. The van der Waals surface area contributed by atoms with Crippen molar-refractivity contribution < 1.29 is 4.79 Å². The van der Waals surface area contributed by atoms with Crippen LogP contribution in [0.25, 0.3) is 11.8 Å². The lowest BCUT2D eigenvalue weighted by Gasteiger charge is -2.03. The van der Waals surface area contributed by atoms with Crippen molar-refractivity contribution in [3.05, 3.63) is 90.3 Å². The van der Waals surface area contributed by atoms with E-state index < -0.39 is 5.91 Å². The second-order valence-corrected chi connectivity index (χ2v) is 5.18. The zero-order chi connectivity index (χ0) is 16.8. The van der Waals surface area contributed by atoms with E-state index in [4.69, 9.17) is 0 Å². The minimum atomic E-state index is -0.420. The molecule has 4 nitrogen and oxygen atoms in total. The Morgan fingerprint density at radius 3 is 2.33 bits per heavy atom.